The van der Waals surface area contributed by atoms with Crippen molar-refractivity contribution in [3.63, 3.8) is 0 Å². The maximum absolute atomic E-state index is 9.56. The molecular formula is C9H18O3S3. The number of aliphatic hydroxyl groups excluding tert-OH is 3. The van der Waals surface area contributed by atoms with Crippen molar-refractivity contribution in [1.29, 1.82) is 0 Å². The summed E-state index contributed by atoms with van der Waals surface area (Å²) >= 11 is 4.79. The summed E-state index contributed by atoms with van der Waals surface area (Å²) < 4.78 is 0. The van der Waals surface area contributed by atoms with E-state index in [0.29, 0.717) is 34.5 Å². The zero-order valence-electron chi connectivity index (χ0n) is 8.54. The van der Waals surface area contributed by atoms with Gasteiger partial charge in [0.25, 0.3) is 0 Å². The highest BCUT2D eigenvalue weighted by Crippen LogP contribution is 2.16. The molecule has 0 saturated carbocycles. The van der Waals surface area contributed by atoms with Gasteiger partial charge in [-0.2, -0.15) is 35.3 Å². The lowest BCUT2D eigenvalue weighted by Gasteiger charge is -2.17. The third-order valence-electron chi connectivity index (χ3n) is 1.86. The molecule has 6 heteroatoms. The molecule has 0 unspecified atom stereocenters. The Kier molecular flexibility index (Phi) is 7.54. The zero-order valence-corrected chi connectivity index (χ0v) is 11.0. The van der Waals surface area contributed by atoms with Crippen molar-refractivity contribution in [3.05, 3.63) is 0 Å². The fraction of sp³-hybridized carbons (Fsp3) is 1.00. The van der Waals surface area contributed by atoms with E-state index in [0.717, 1.165) is 0 Å². The Hall–Kier alpha value is 0.930. The molecule has 0 amide bonds. The molecule has 0 spiro atoms. The molecule has 1 fully saturated rings. The molecular weight excluding hydrogens is 252 g/mol. The van der Waals surface area contributed by atoms with Crippen LogP contribution in [0.15, 0.2) is 0 Å². The second-order valence-electron chi connectivity index (χ2n) is 3.57. The fourth-order valence-corrected chi connectivity index (χ4v) is 4.36. The summed E-state index contributed by atoms with van der Waals surface area (Å²) in [5, 5.41) is 28.7. The average Bonchev–Trinajstić information content (AvgIpc) is 2.16. The number of hydrogen-bond donors (Lipinski definition) is 3. The van der Waals surface area contributed by atoms with Crippen molar-refractivity contribution in [1.82, 2.24) is 0 Å². The van der Waals surface area contributed by atoms with Gasteiger partial charge in [-0.05, 0) is 0 Å². The molecule has 0 aliphatic carbocycles. The monoisotopic (exact) mass is 270 g/mol. The van der Waals surface area contributed by atoms with Crippen molar-refractivity contribution >= 4 is 35.3 Å². The maximum Gasteiger partial charge on any atom is 0.0720 e. The Labute approximate surface area is 103 Å². The van der Waals surface area contributed by atoms with Crippen molar-refractivity contribution in [3.8, 4) is 0 Å². The Bertz CT molecular complexity index is 130. The van der Waals surface area contributed by atoms with Gasteiger partial charge < -0.3 is 15.3 Å². The first-order valence-electron chi connectivity index (χ1n) is 4.96. The van der Waals surface area contributed by atoms with Crippen LogP contribution in [0.1, 0.15) is 0 Å². The van der Waals surface area contributed by atoms with Crippen LogP contribution < -0.4 is 0 Å². The molecule has 90 valence electrons. The van der Waals surface area contributed by atoms with Crippen LogP contribution in [0.3, 0.4) is 0 Å². The van der Waals surface area contributed by atoms with E-state index in [-0.39, 0.29) is 18.3 Å². The van der Waals surface area contributed by atoms with Crippen LogP contribution in [0.4, 0.5) is 0 Å². The minimum absolute atomic E-state index is 0.327. The highest BCUT2D eigenvalue weighted by Gasteiger charge is 2.13. The van der Waals surface area contributed by atoms with Crippen LogP contribution in [-0.2, 0) is 0 Å². The largest absolute Gasteiger partial charge is 0.391 e. The predicted molar refractivity (Wildman–Crippen MR) is 70.0 cm³/mol. The average molecular weight is 270 g/mol. The maximum atomic E-state index is 9.56. The molecule has 0 aromatic heterocycles. The molecule has 0 atom stereocenters. The van der Waals surface area contributed by atoms with Gasteiger partial charge in [0.2, 0.25) is 0 Å². The van der Waals surface area contributed by atoms with Crippen molar-refractivity contribution in [2.24, 2.45) is 0 Å². The second-order valence-corrected chi connectivity index (χ2v) is 6.80. The van der Waals surface area contributed by atoms with Crippen molar-refractivity contribution in [2.75, 3.05) is 34.5 Å². The van der Waals surface area contributed by atoms with Gasteiger partial charge >= 0.3 is 0 Å². The number of hydrogen-bond acceptors (Lipinski definition) is 6. The predicted octanol–water partition coefficient (Wildman–Crippen LogP) is 0.282. The van der Waals surface area contributed by atoms with Gasteiger partial charge in [-0.3, -0.25) is 0 Å². The van der Waals surface area contributed by atoms with Crippen LogP contribution in [0.5, 0.6) is 0 Å². The topological polar surface area (TPSA) is 60.7 Å². The quantitative estimate of drug-likeness (QED) is 0.588. The first kappa shape index (κ1) is 14.0. The highest BCUT2D eigenvalue weighted by atomic mass is 32.2. The van der Waals surface area contributed by atoms with Crippen molar-refractivity contribution in [2.45, 2.75) is 18.3 Å². The summed E-state index contributed by atoms with van der Waals surface area (Å²) in [7, 11) is 0. The number of thioether (sulfide) groups is 3. The molecule has 0 aromatic rings. The molecule has 0 aromatic carbocycles. The lowest BCUT2D eigenvalue weighted by atomic mass is 10.5. The van der Waals surface area contributed by atoms with Gasteiger partial charge in [0.15, 0.2) is 0 Å². The van der Waals surface area contributed by atoms with E-state index in [1.54, 1.807) is 35.3 Å². The first-order valence-corrected chi connectivity index (χ1v) is 8.42. The van der Waals surface area contributed by atoms with Gasteiger partial charge in [0, 0.05) is 34.5 Å². The zero-order chi connectivity index (χ0) is 11.1. The fourth-order valence-electron chi connectivity index (χ4n) is 1.16. The number of rotatable bonds is 0. The highest BCUT2D eigenvalue weighted by molar-refractivity contribution is 8.01. The normalized spacial score (nSPS) is 36.6. The Morgan fingerprint density at radius 1 is 0.533 bits per heavy atom. The Morgan fingerprint density at radius 3 is 0.933 bits per heavy atom. The molecule has 1 rings (SSSR count). The van der Waals surface area contributed by atoms with E-state index in [1.165, 1.54) is 0 Å². The molecule has 1 aliphatic rings. The SMILES string of the molecule is OC1CSCC(O)CSCC(O)CSC1. The van der Waals surface area contributed by atoms with Crippen LogP contribution >= 0.6 is 35.3 Å². The molecule has 0 bridgehead atoms. The molecule has 15 heavy (non-hydrogen) atoms. The summed E-state index contributed by atoms with van der Waals surface area (Å²) in [5.41, 5.74) is 0. The number of aliphatic hydroxyl groups is 3. The Balaban J connectivity index is 2.30. The van der Waals surface area contributed by atoms with Crippen molar-refractivity contribution < 1.29 is 15.3 Å². The molecule has 1 heterocycles. The van der Waals surface area contributed by atoms with E-state index < -0.39 is 0 Å². The van der Waals surface area contributed by atoms with Gasteiger partial charge in [-0.25, -0.2) is 0 Å². The minimum atomic E-state index is -0.327. The van der Waals surface area contributed by atoms with Crippen LogP contribution in [0.25, 0.3) is 0 Å². The summed E-state index contributed by atoms with van der Waals surface area (Å²) in [5.74, 6) is 4.03. The van der Waals surface area contributed by atoms with Crippen LogP contribution in [-0.4, -0.2) is 68.1 Å². The van der Waals surface area contributed by atoms with E-state index in [1.807, 2.05) is 0 Å². The lowest BCUT2D eigenvalue weighted by molar-refractivity contribution is 0.215. The minimum Gasteiger partial charge on any atom is -0.391 e. The lowest BCUT2D eigenvalue weighted by Crippen LogP contribution is -2.23. The summed E-state index contributed by atoms with van der Waals surface area (Å²) in [6.45, 7) is 0. The van der Waals surface area contributed by atoms with Gasteiger partial charge in [0.1, 0.15) is 0 Å². The smallest absolute Gasteiger partial charge is 0.0720 e. The van der Waals surface area contributed by atoms with E-state index >= 15 is 0 Å². The van der Waals surface area contributed by atoms with E-state index in [9.17, 15) is 15.3 Å². The van der Waals surface area contributed by atoms with Gasteiger partial charge in [-0.1, -0.05) is 0 Å². The van der Waals surface area contributed by atoms with E-state index in [2.05, 4.69) is 0 Å². The summed E-state index contributed by atoms with van der Waals surface area (Å²) in [6.07, 6.45) is -0.982. The molecule has 0 radical (unpaired) electrons. The van der Waals surface area contributed by atoms with Gasteiger partial charge in [-0.15, -0.1) is 0 Å². The molecule has 3 N–H and O–H groups in total. The molecule has 1 aliphatic heterocycles. The standard InChI is InChI=1S/C9H18O3S3/c10-7-1-13-3-8(11)4-15-6-9(12)5-14-2-7/h7-12H,1-6H2. The van der Waals surface area contributed by atoms with Crippen LogP contribution in [0.2, 0.25) is 0 Å². The van der Waals surface area contributed by atoms with E-state index in [4.69, 9.17) is 0 Å². The third-order valence-corrected chi connectivity index (χ3v) is 5.58. The third kappa shape index (κ3) is 6.97. The summed E-state index contributed by atoms with van der Waals surface area (Å²) in [6, 6.07) is 0. The second kappa shape index (κ2) is 8.08. The molecule has 3 nitrogen and oxygen atoms in total. The Morgan fingerprint density at radius 2 is 0.733 bits per heavy atom. The van der Waals surface area contributed by atoms with Crippen LogP contribution in [0, 0.1) is 0 Å². The molecule has 1 saturated heterocycles. The summed E-state index contributed by atoms with van der Waals surface area (Å²) in [4.78, 5) is 0. The van der Waals surface area contributed by atoms with Gasteiger partial charge in [0.05, 0.1) is 18.3 Å². The first-order chi connectivity index (χ1) is 7.18.